The molecule has 1 aliphatic heterocycles. The van der Waals surface area contributed by atoms with Crippen molar-refractivity contribution >= 4 is 59.7 Å². The van der Waals surface area contributed by atoms with Crippen molar-refractivity contribution in [2.24, 2.45) is 0 Å². The number of imidazole rings is 1. The van der Waals surface area contributed by atoms with Gasteiger partial charge in [-0.3, -0.25) is 28.5 Å². The van der Waals surface area contributed by atoms with E-state index in [0.29, 0.717) is 38.0 Å². The number of aromatic nitrogens is 4. The third-order valence-corrected chi connectivity index (χ3v) is 13.4. The van der Waals surface area contributed by atoms with Crippen LogP contribution in [0.1, 0.15) is 85.6 Å². The van der Waals surface area contributed by atoms with E-state index in [2.05, 4.69) is 89.9 Å². The number of unbranched alkanes of at least 4 members (excludes halogenated alkanes) is 3. The number of benzene rings is 2. The minimum Gasteiger partial charge on any atom is -0.387 e. The SMILES string of the molecule is CN(CCCC(=O)NCCCCCCNc1nc2c(=O)[nH]c(N)nc2n1[C@@H]1O[C@H](COP(=O)(O)O)[C@@H](O)[C@H]1O)C(=O)c1ccccc1C1=C2C=CC(=[N+](C)C)C=C2C(C)(C)c2cc(N(C)C)ccc21. The number of nitrogens with zero attached hydrogens (tertiary/aromatic N) is 6. The number of nitrogens with one attached hydrogen (secondary N) is 3. The number of carbonyl (C=O) groups is 2. The normalized spacial score (nSPS) is 19.6. The second kappa shape index (κ2) is 20.9. The van der Waals surface area contributed by atoms with Crippen molar-refractivity contribution in [1.82, 2.24) is 29.7 Å². The predicted molar refractivity (Wildman–Crippen MR) is 263 cm³/mol. The first-order valence-corrected chi connectivity index (χ1v) is 24.6. The monoisotopic (exact) mass is 971 g/mol. The zero-order valence-electron chi connectivity index (χ0n) is 40.1. The molecule has 4 atom stereocenters. The number of aliphatic hydroxyl groups excluding tert-OH is 2. The van der Waals surface area contributed by atoms with Crippen molar-refractivity contribution in [2.75, 3.05) is 77.4 Å². The van der Waals surface area contributed by atoms with Crippen LogP contribution in [0, 0.1) is 0 Å². The van der Waals surface area contributed by atoms with Crippen LogP contribution in [0.3, 0.4) is 0 Å². The quantitative estimate of drug-likeness (QED) is 0.0380. The van der Waals surface area contributed by atoms with Gasteiger partial charge in [0.2, 0.25) is 17.8 Å². The van der Waals surface area contributed by atoms with Crippen LogP contribution in [0.5, 0.6) is 0 Å². The Morgan fingerprint density at radius 1 is 0.986 bits per heavy atom. The average Bonchev–Trinajstić information content (AvgIpc) is 3.80. The van der Waals surface area contributed by atoms with E-state index >= 15 is 0 Å². The van der Waals surface area contributed by atoms with Gasteiger partial charge in [0.15, 0.2) is 23.1 Å². The summed E-state index contributed by atoms with van der Waals surface area (Å²) in [5, 5.41) is 27.6. The number of nitrogen functional groups attached to an aromatic ring is 1. The summed E-state index contributed by atoms with van der Waals surface area (Å²) in [6.45, 7) is 5.06. The first kappa shape index (κ1) is 50.9. The van der Waals surface area contributed by atoms with Crippen LogP contribution in [0.25, 0.3) is 16.7 Å². The van der Waals surface area contributed by atoms with Gasteiger partial charge in [0.25, 0.3) is 11.5 Å². The van der Waals surface area contributed by atoms with E-state index in [1.165, 1.54) is 15.7 Å². The van der Waals surface area contributed by atoms with Gasteiger partial charge < -0.3 is 50.9 Å². The Morgan fingerprint density at radius 2 is 1.71 bits per heavy atom. The van der Waals surface area contributed by atoms with E-state index < -0.39 is 44.5 Å². The molecule has 3 aliphatic rings. The molecule has 9 N–H and O–H groups in total. The van der Waals surface area contributed by atoms with Crippen molar-refractivity contribution in [1.29, 1.82) is 0 Å². The van der Waals surface area contributed by atoms with Gasteiger partial charge >= 0.3 is 7.82 Å². The number of aliphatic hydroxyl groups is 2. The fraction of sp³-hybridized carbons (Fsp3) is 0.458. The highest BCUT2D eigenvalue weighted by molar-refractivity contribution is 7.46. The summed E-state index contributed by atoms with van der Waals surface area (Å²) in [7, 11) is 5.04. The summed E-state index contributed by atoms with van der Waals surface area (Å²) in [5.74, 6) is -0.352. The van der Waals surface area contributed by atoms with Gasteiger partial charge in [-0.2, -0.15) is 4.98 Å². The molecule has 4 aromatic rings. The van der Waals surface area contributed by atoms with Gasteiger partial charge in [0.05, 0.1) is 6.61 Å². The molecule has 0 spiro atoms. The molecule has 2 aliphatic carbocycles. The maximum atomic E-state index is 14.3. The lowest BCUT2D eigenvalue weighted by atomic mass is 9.64. The molecule has 1 saturated heterocycles. The van der Waals surface area contributed by atoms with E-state index in [-0.39, 0.29) is 46.7 Å². The summed E-state index contributed by atoms with van der Waals surface area (Å²) in [6.07, 6.45) is 4.38. The number of amides is 2. The van der Waals surface area contributed by atoms with Crippen molar-refractivity contribution in [3.05, 3.63) is 104 Å². The number of carbonyl (C=O) groups excluding carboxylic acids is 2. The van der Waals surface area contributed by atoms with Gasteiger partial charge in [0, 0.05) is 76.0 Å². The van der Waals surface area contributed by atoms with E-state index in [0.717, 1.165) is 52.9 Å². The highest BCUT2D eigenvalue weighted by Crippen LogP contribution is 2.51. The maximum Gasteiger partial charge on any atom is 0.469 e. The predicted octanol–water partition coefficient (Wildman–Crippen LogP) is 3.44. The van der Waals surface area contributed by atoms with Crippen molar-refractivity contribution < 1.29 is 48.0 Å². The molecular formula is C48H64N10O10P+. The molecule has 0 bridgehead atoms. The molecule has 0 saturated carbocycles. The molecular weight excluding hydrogens is 908 g/mol. The van der Waals surface area contributed by atoms with Crippen LogP contribution < -0.4 is 26.8 Å². The van der Waals surface area contributed by atoms with Crippen LogP contribution >= 0.6 is 7.82 Å². The standard InChI is InChI=1S/C48H63N10O10P/c1-48(2)34-25-28(55(3)4)18-20-32(34)38(33-21-19-29(56(5)6)26-35(33)48)30-15-10-11-16-31(30)44(63)57(7)24-14-17-37(59)50-22-12-8-9-13-23-51-47-52-39-42(53-46(49)54-43(39)62)58(47)45-41(61)40(60)36(68-45)27-67-69(64,65)66/h10-11,15-16,18-21,25-26,36,40-41,45,60-61H,8-9,12-14,17,22-24,27H2,1-7H3,(H6,49,50,54,59,62,63,64,65,66)/p+1/t36-,40-,41-,45-/m1/s1. The maximum absolute atomic E-state index is 14.3. The van der Waals surface area contributed by atoms with E-state index in [1.54, 1.807) is 11.9 Å². The molecule has 2 amide bonds. The zero-order chi connectivity index (χ0) is 49.9. The topological polar surface area (TPSA) is 274 Å². The average molecular weight is 972 g/mol. The van der Waals surface area contributed by atoms with Gasteiger partial charge in [0.1, 0.15) is 32.4 Å². The van der Waals surface area contributed by atoms with Crippen molar-refractivity contribution in [3.8, 4) is 0 Å². The molecule has 2 aromatic carbocycles. The molecule has 370 valence electrons. The summed E-state index contributed by atoms with van der Waals surface area (Å²) in [5.41, 5.74) is 13.9. The molecule has 2 aromatic heterocycles. The number of phosphoric acid groups is 1. The third kappa shape index (κ3) is 11.1. The molecule has 3 heterocycles. The highest BCUT2D eigenvalue weighted by atomic mass is 31.2. The molecule has 20 nitrogen and oxygen atoms in total. The third-order valence-electron chi connectivity index (χ3n) is 12.9. The Kier molecular flexibility index (Phi) is 15.4. The molecule has 69 heavy (non-hydrogen) atoms. The number of allylic oxidation sites excluding steroid dienone is 5. The number of ether oxygens (including phenoxy) is 1. The Hall–Kier alpha value is -5.99. The van der Waals surface area contributed by atoms with Crippen LogP contribution in [-0.2, 0) is 24.0 Å². The summed E-state index contributed by atoms with van der Waals surface area (Å²) < 4.78 is 24.9. The molecule has 0 radical (unpaired) electrons. The largest absolute Gasteiger partial charge is 0.469 e. The van der Waals surface area contributed by atoms with Gasteiger partial charge in [-0.1, -0.05) is 51.0 Å². The lowest BCUT2D eigenvalue weighted by Gasteiger charge is -2.39. The first-order valence-electron chi connectivity index (χ1n) is 23.0. The Bertz CT molecular complexity index is 2840. The number of phosphoric ester groups is 1. The Balaban J connectivity index is 0.904. The zero-order valence-corrected chi connectivity index (χ0v) is 41.0. The summed E-state index contributed by atoms with van der Waals surface area (Å²) in [6, 6.07) is 14.3. The number of hydrogen-bond donors (Lipinski definition) is 8. The lowest BCUT2D eigenvalue weighted by molar-refractivity contribution is -0.462. The van der Waals surface area contributed by atoms with Gasteiger partial charge in [-0.25, -0.2) is 14.1 Å². The Labute approximate surface area is 400 Å². The van der Waals surface area contributed by atoms with Gasteiger partial charge in [-0.15, -0.1) is 0 Å². The fourth-order valence-electron chi connectivity index (χ4n) is 9.08. The smallest absolute Gasteiger partial charge is 0.387 e. The van der Waals surface area contributed by atoms with Crippen LogP contribution in [-0.4, -0.2) is 146 Å². The van der Waals surface area contributed by atoms with Crippen molar-refractivity contribution in [2.45, 2.75) is 82.3 Å². The number of fused-ring (bicyclic) bond motifs is 3. The van der Waals surface area contributed by atoms with Crippen LogP contribution in [0.4, 0.5) is 17.6 Å². The first-order chi connectivity index (χ1) is 32.7. The molecule has 21 heteroatoms. The van der Waals surface area contributed by atoms with E-state index in [4.69, 9.17) is 20.3 Å². The fourth-order valence-corrected chi connectivity index (χ4v) is 9.42. The molecule has 7 rings (SSSR count). The summed E-state index contributed by atoms with van der Waals surface area (Å²) >= 11 is 0. The number of anilines is 3. The van der Waals surface area contributed by atoms with Crippen molar-refractivity contribution in [3.63, 3.8) is 0 Å². The molecule has 0 unspecified atom stereocenters. The van der Waals surface area contributed by atoms with Gasteiger partial charge in [-0.05, 0) is 76.9 Å². The minimum absolute atomic E-state index is 0.0418. The minimum atomic E-state index is -4.90. The number of H-pyrrole nitrogens is 1. The van der Waals surface area contributed by atoms with E-state index in [1.807, 2.05) is 52.5 Å². The molecule has 1 fully saturated rings. The number of aromatic amines is 1. The number of rotatable bonds is 19. The van der Waals surface area contributed by atoms with Crippen LogP contribution in [0.2, 0.25) is 0 Å². The van der Waals surface area contributed by atoms with Crippen LogP contribution in [0.15, 0.2) is 76.6 Å². The highest BCUT2D eigenvalue weighted by Gasteiger charge is 2.46. The second-order valence-corrected chi connectivity index (χ2v) is 19.8. The summed E-state index contributed by atoms with van der Waals surface area (Å²) in [4.78, 5) is 72.7. The second-order valence-electron chi connectivity index (χ2n) is 18.6. The number of nitrogens with two attached hydrogens (primary N) is 1. The lowest BCUT2D eigenvalue weighted by Crippen LogP contribution is -2.33. The number of hydrogen-bond acceptors (Lipinski definition) is 13. The Morgan fingerprint density at radius 3 is 2.42 bits per heavy atom. The van der Waals surface area contributed by atoms with E-state index in [9.17, 15) is 29.2 Å².